The Morgan fingerprint density at radius 2 is 2.07 bits per heavy atom. The second-order valence-corrected chi connectivity index (χ2v) is 3.34. The summed E-state index contributed by atoms with van der Waals surface area (Å²) >= 11 is 0. The minimum Gasteiger partial charge on any atom is -0.389 e. The van der Waals surface area contributed by atoms with E-state index in [1.807, 2.05) is 0 Å². The van der Waals surface area contributed by atoms with E-state index in [9.17, 15) is 18.3 Å². The lowest BCUT2D eigenvalue weighted by Crippen LogP contribution is -2.35. The SMILES string of the molecule is CN(CCN)C[C@H](O)COCC(F)(F)F. The van der Waals surface area contributed by atoms with Gasteiger partial charge in [0, 0.05) is 19.6 Å². The molecule has 3 N–H and O–H groups in total. The highest BCUT2D eigenvalue weighted by atomic mass is 19.4. The van der Waals surface area contributed by atoms with Crippen molar-refractivity contribution in [2.45, 2.75) is 12.3 Å². The maximum atomic E-state index is 11.7. The van der Waals surface area contributed by atoms with E-state index in [0.29, 0.717) is 13.1 Å². The third-order valence-corrected chi connectivity index (χ3v) is 1.61. The fraction of sp³-hybridized carbons (Fsp3) is 1.00. The third-order valence-electron chi connectivity index (χ3n) is 1.61. The Balaban J connectivity index is 3.53. The number of hydrogen-bond donors (Lipinski definition) is 2. The molecule has 0 spiro atoms. The molecule has 1 atom stereocenters. The molecule has 0 fully saturated rings. The van der Waals surface area contributed by atoms with Gasteiger partial charge >= 0.3 is 6.18 Å². The summed E-state index contributed by atoms with van der Waals surface area (Å²) in [6.45, 7) is -0.392. The number of rotatable bonds is 7. The predicted octanol–water partition coefficient (Wildman–Crippen LogP) is -0.183. The van der Waals surface area contributed by atoms with Gasteiger partial charge in [0.05, 0.1) is 12.7 Å². The summed E-state index contributed by atoms with van der Waals surface area (Å²) in [5.74, 6) is 0. The van der Waals surface area contributed by atoms with Gasteiger partial charge in [0.15, 0.2) is 0 Å². The molecule has 92 valence electrons. The Bertz CT molecular complexity index is 166. The van der Waals surface area contributed by atoms with Crippen LogP contribution in [-0.2, 0) is 4.74 Å². The number of hydrogen-bond acceptors (Lipinski definition) is 4. The van der Waals surface area contributed by atoms with E-state index in [1.165, 1.54) is 0 Å². The van der Waals surface area contributed by atoms with Crippen LogP contribution in [0.3, 0.4) is 0 Å². The van der Waals surface area contributed by atoms with Crippen LogP contribution < -0.4 is 5.73 Å². The van der Waals surface area contributed by atoms with Crippen molar-refractivity contribution in [2.75, 3.05) is 39.9 Å². The van der Waals surface area contributed by atoms with Crippen LogP contribution >= 0.6 is 0 Å². The van der Waals surface area contributed by atoms with Crippen molar-refractivity contribution in [3.8, 4) is 0 Å². The molecule has 0 saturated carbocycles. The topological polar surface area (TPSA) is 58.7 Å². The highest BCUT2D eigenvalue weighted by Crippen LogP contribution is 2.14. The molecule has 0 bridgehead atoms. The Morgan fingerprint density at radius 1 is 1.47 bits per heavy atom. The van der Waals surface area contributed by atoms with Gasteiger partial charge in [0.2, 0.25) is 0 Å². The largest absolute Gasteiger partial charge is 0.411 e. The van der Waals surface area contributed by atoms with Crippen LogP contribution in [0.15, 0.2) is 0 Å². The van der Waals surface area contributed by atoms with E-state index in [1.54, 1.807) is 11.9 Å². The molecule has 15 heavy (non-hydrogen) atoms. The summed E-state index contributed by atoms with van der Waals surface area (Å²) < 4.78 is 39.3. The smallest absolute Gasteiger partial charge is 0.389 e. The maximum absolute atomic E-state index is 11.7. The molecule has 0 aliphatic heterocycles. The number of aliphatic hydroxyl groups is 1. The van der Waals surface area contributed by atoms with Crippen LogP contribution in [0.5, 0.6) is 0 Å². The first-order chi connectivity index (χ1) is 6.85. The van der Waals surface area contributed by atoms with E-state index in [4.69, 9.17) is 5.73 Å². The van der Waals surface area contributed by atoms with E-state index >= 15 is 0 Å². The number of ether oxygens (including phenoxy) is 1. The molecule has 0 saturated heterocycles. The third kappa shape index (κ3) is 9.92. The van der Waals surface area contributed by atoms with Gasteiger partial charge in [-0.05, 0) is 7.05 Å². The maximum Gasteiger partial charge on any atom is 0.411 e. The van der Waals surface area contributed by atoms with Gasteiger partial charge in [-0.25, -0.2) is 0 Å². The van der Waals surface area contributed by atoms with Crippen molar-refractivity contribution >= 4 is 0 Å². The molecule has 0 amide bonds. The molecule has 0 aliphatic carbocycles. The molecule has 4 nitrogen and oxygen atoms in total. The predicted molar refractivity (Wildman–Crippen MR) is 49.4 cm³/mol. The van der Waals surface area contributed by atoms with E-state index in [2.05, 4.69) is 4.74 Å². The minimum absolute atomic E-state index is 0.245. The van der Waals surface area contributed by atoms with Crippen LogP contribution in [0.25, 0.3) is 0 Å². The fourth-order valence-corrected chi connectivity index (χ4v) is 1.03. The van der Waals surface area contributed by atoms with Gasteiger partial charge in [0.1, 0.15) is 6.61 Å². The van der Waals surface area contributed by atoms with E-state index in [0.717, 1.165) is 0 Å². The second-order valence-electron chi connectivity index (χ2n) is 3.34. The lowest BCUT2D eigenvalue weighted by Gasteiger charge is -2.19. The summed E-state index contributed by atoms with van der Waals surface area (Å²) in [7, 11) is 1.72. The number of alkyl halides is 3. The quantitative estimate of drug-likeness (QED) is 0.637. The van der Waals surface area contributed by atoms with Crippen molar-refractivity contribution in [1.29, 1.82) is 0 Å². The van der Waals surface area contributed by atoms with Crippen LogP contribution in [0, 0.1) is 0 Å². The first-order valence-corrected chi connectivity index (χ1v) is 4.56. The van der Waals surface area contributed by atoms with Crippen LogP contribution in [-0.4, -0.2) is 62.2 Å². The van der Waals surface area contributed by atoms with E-state index < -0.39 is 18.9 Å². The number of halogens is 3. The first-order valence-electron chi connectivity index (χ1n) is 4.56. The lowest BCUT2D eigenvalue weighted by molar-refractivity contribution is -0.179. The second kappa shape index (κ2) is 7.00. The highest BCUT2D eigenvalue weighted by molar-refractivity contribution is 4.61. The molecule has 0 aromatic carbocycles. The summed E-state index contributed by atoms with van der Waals surface area (Å²) in [5.41, 5.74) is 5.26. The van der Waals surface area contributed by atoms with Crippen LogP contribution in [0.2, 0.25) is 0 Å². The highest BCUT2D eigenvalue weighted by Gasteiger charge is 2.27. The van der Waals surface area contributed by atoms with Gasteiger partial charge in [-0.15, -0.1) is 0 Å². The fourth-order valence-electron chi connectivity index (χ4n) is 1.03. The Morgan fingerprint density at radius 3 is 2.53 bits per heavy atom. The van der Waals surface area contributed by atoms with Crippen LogP contribution in [0.4, 0.5) is 13.2 Å². The Labute approximate surface area is 86.8 Å². The van der Waals surface area contributed by atoms with Gasteiger partial charge in [-0.2, -0.15) is 13.2 Å². The summed E-state index contributed by atoms with van der Waals surface area (Å²) in [4.78, 5) is 1.72. The van der Waals surface area contributed by atoms with Crippen LogP contribution in [0.1, 0.15) is 0 Å². The number of aliphatic hydroxyl groups excluding tert-OH is 1. The number of nitrogens with two attached hydrogens (primary N) is 1. The Hall–Kier alpha value is -0.370. The molecule has 0 radical (unpaired) electrons. The van der Waals surface area contributed by atoms with Crippen molar-refractivity contribution in [3.05, 3.63) is 0 Å². The Kier molecular flexibility index (Phi) is 6.82. The average Bonchev–Trinajstić information content (AvgIpc) is 2.01. The zero-order valence-corrected chi connectivity index (χ0v) is 8.63. The zero-order valence-electron chi connectivity index (χ0n) is 8.63. The summed E-state index contributed by atoms with van der Waals surface area (Å²) in [6, 6.07) is 0. The van der Waals surface area contributed by atoms with Crippen molar-refractivity contribution in [1.82, 2.24) is 4.90 Å². The molecular formula is C8H17F3N2O2. The molecule has 7 heteroatoms. The normalized spacial score (nSPS) is 14.6. The zero-order chi connectivity index (χ0) is 11.9. The molecule has 0 aliphatic rings. The molecule has 0 heterocycles. The lowest BCUT2D eigenvalue weighted by atomic mass is 10.3. The molecule has 0 aromatic rings. The standard InChI is InChI=1S/C8H17F3N2O2/c1-13(3-2-12)4-7(14)5-15-6-8(9,10)11/h7,14H,2-6,12H2,1H3/t7-/m0/s1. The molecule has 0 unspecified atom stereocenters. The van der Waals surface area contributed by atoms with Gasteiger partial charge in [-0.1, -0.05) is 0 Å². The van der Waals surface area contributed by atoms with Gasteiger partial charge in [0.25, 0.3) is 0 Å². The minimum atomic E-state index is -4.34. The van der Waals surface area contributed by atoms with Gasteiger partial charge in [-0.3, -0.25) is 0 Å². The average molecular weight is 230 g/mol. The monoisotopic (exact) mass is 230 g/mol. The van der Waals surface area contributed by atoms with Crippen molar-refractivity contribution in [3.63, 3.8) is 0 Å². The molecule has 0 rings (SSSR count). The van der Waals surface area contributed by atoms with Gasteiger partial charge < -0.3 is 20.5 Å². The summed E-state index contributed by atoms with van der Waals surface area (Å²) in [5, 5.41) is 9.27. The molecule has 0 aromatic heterocycles. The van der Waals surface area contributed by atoms with E-state index in [-0.39, 0.29) is 13.2 Å². The number of nitrogens with zero attached hydrogens (tertiary/aromatic N) is 1. The van der Waals surface area contributed by atoms with Crippen molar-refractivity contribution < 1.29 is 23.0 Å². The summed E-state index contributed by atoms with van der Waals surface area (Å²) in [6.07, 6.45) is -5.27. The van der Waals surface area contributed by atoms with Crippen molar-refractivity contribution in [2.24, 2.45) is 5.73 Å². The number of likely N-dealkylation sites (N-methyl/N-ethyl adjacent to an activating group) is 1. The first kappa shape index (κ1) is 14.6. The molecular weight excluding hydrogens is 213 g/mol.